The van der Waals surface area contributed by atoms with Gasteiger partial charge in [-0.3, -0.25) is 10.1 Å². The van der Waals surface area contributed by atoms with Gasteiger partial charge in [-0.15, -0.1) is 11.3 Å². The number of nitrogens with one attached hydrogen (secondary N) is 1. The highest BCUT2D eigenvalue weighted by Crippen LogP contribution is 2.35. The summed E-state index contributed by atoms with van der Waals surface area (Å²) in [6.45, 7) is 1.51. The first-order chi connectivity index (χ1) is 19.8. The van der Waals surface area contributed by atoms with E-state index < -0.39 is 34.8 Å². The number of amides is 1. The zero-order valence-corrected chi connectivity index (χ0v) is 23.7. The van der Waals surface area contributed by atoms with Crippen molar-refractivity contribution < 1.29 is 37.7 Å². The van der Waals surface area contributed by atoms with Crippen LogP contribution >= 0.6 is 11.3 Å². The molecule has 1 amide bonds. The maximum absolute atomic E-state index is 14.6. The maximum atomic E-state index is 14.6. The van der Waals surface area contributed by atoms with Crippen molar-refractivity contribution in [2.45, 2.75) is 38.5 Å². The van der Waals surface area contributed by atoms with Gasteiger partial charge in [-0.2, -0.15) is 0 Å². The van der Waals surface area contributed by atoms with Gasteiger partial charge >= 0.3 is 5.97 Å². The normalized spacial score (nSPS) is 13.8. The molecule has 3 aromatic rings. The van der Waals surface area contributed by atoms with Crippen LogP contribution in [0.5, 0.6) is 5.75 Å². The maximum Gasteiger partial charge on any atom is 0.371 e. The Morgan fingerprint density at radius 3 is 2.56 bits per heavy atom. The molecule has 11 heteroatoms. The Morgan fingerprint density at radius 2 is 1.90 bits per heavy atom. The Balaban J connectivity index is 1.42. The minimum absolute atomic E-state index is 0.232. The summed E-state index contributed by atoms with van der Waals surface area (Å²) < 4.78 is 45.4. The number of aromatic nitrogens is 1. The molecule has 4 rings (SSSR count). The van der Waals surface area contributed by atoms with Gasteiger partial charge in [0.15, 0.2) is 5.13 Å². The molecule has 2 N–H and O–H groups in total. The van der Waals surface area contributed by atoms with Crippen LogP contribution in [0.2, 0.25) is 0 Å². The third kappa shape index (κ3) is 7.68. The molecule has 2 aromatic carbocycles. The van der Waals surface area contributed by atoms with E-state index in [0.29, 0.717) is 30.0 Å². The number of aliphatic carboxylic acids is 1. The van der Waals surface area contributed by atoms with Crippen LogP contribution in [0.15, 0.2) is 41.5 Å². The predicted molar refractivity (Wildman–Crippen MR) is 152 cm³/mol. The van der Waals surface area contributed by atoms with E-state index in [1.807, 2.05) is 18.2 Å². The number of rotatable bonds is 13. The van der Waals surface area contributed by atoms with E-state index in [1.165, 1.54) is 25.7 Å². The number of carbonyl (C=O) groups excluding carboxylic acids is 1. The van der Waals surface area contributed by atoms with Crippen LogP contribution < -0.4 is 10.1 Å². The Hall–Kier alpha value is -3.83. The molecule has 1 heterocycles. The molecule has 0 bridgehead atoms. The minimum Gasteiger partial charge on any atom is -0.496 e. The zero-order valence-electron chi connectivity index (χ0n) is 22.9. The molecule has 0 spiro atoms. The third-order valence-electron chi connectivity index (χ3n) is 6.91. The highest BCUT2D eigenvalue weighted by molar-refractivity contribution is 7.14. The smallest absolute Gasteiger partial charge is 0.371 e. The molecule has 8 nitrogen and oxygen atoms in total. The Labute approximate surface area is 241 Å². The number of hydrogen-bond acceptors (Lipinski definition) is 7. The van der Waals surface area contributed by atoms with E-state index in [0.717, 1.165) is 61.2 Å². The molecule has 1 fully saturated rings. The fourth-order valence-corrected chi connectivity index (χ4v) is 5.54. The van der Waals surface area contributed by atoms with E-state index in [2.05, 4.69) is 15.0 Å². The fourth-order valence-electron chi connectivity index (χ4n) is 4.83. The Kier molecular flexibility index (Phi) is 10.4. The van der Waals surface area contributed by atoms with Crippen LogP contribution in [-0.4, -0.2) is 49.4 Å². The van der Waals surface area contributed by atoms with Crippen molar-refractivity contribution in [3.05, 3.63) is 69.8 Å². The van der Waals surface area contributed by atoms with Gasteiger partial charge in [0.05, 0.1) is 19.9 Å². The SMILES string of the molecule is CO/C(=C/c1c(F)cc(C(=O)Nc2nc(-c3cccc(CCCOCC4CCCC4)c3OC)cs2)cc1F)C(=O)O. The van der Waals surface area contributed by atoms with Crippen molar-refractivity contribution in [1.82, 2.24) is 4.98 Å². The molecule has 1 aromatic heterocycles. The molecule has 0 atom stereocenters. The molecule has 1 saturated carbocycles. The van der Waals surface area contributed by atoms with Crippen LogP contribution in [0.3, 0.4) is 0 Å². The quantitative estimate of drug-likeness (QED) is 0.133. The molecule has 0 radical (unpaired) electrons. The second-order valence-electron chi connectivity index (χ2n) is 9.69. The van der Waals surface area contributed by atoms with Gasteiger partial charge in [-0.1, -0.05) is 25.0 Å². The molecule has 1 aliphatic carbocycles. The number of aryl methyl sites for hydroxylation is 1. The van der Waals surface area contributed by atoms with E-state index in [9.17, 15) is 18.4 Å². The first kappa shape index (κ1) is 30.1. The average Bonchev–Trinajstić information content (AvgIpc) is 3.64. The van der Waals surface area contributed by atoms with Crippen molar-refractivity contribution in [3.8, 4) is 17.0 Å². The summed E-state index contributed by atoms with van der Waals surface area (Å²) in [5, 5.41) is 13.6. The first-order valence-corrected chi connectivity index (χ1v) is 14.2. The predicted octanol–water partition coefficient (Wildman–Crippen LogP) is 6.56. The van der Waals surface area contributed by atoms with Gasteiger partial charge in [0, 0.05) is 41.4 Å². The topological polar surface area (TPSA) is 107 Å². The van der Waals surface area contributed by atoms with Crippen molar-refractivity contribution in [3.63, 3.8) is 0 Å². The number of benzene rings is 2. The second-order valence-corrected chi connectivity index (χ2v) is 10.5. The fraction of sp³-hybridized carbons (Fsp3) is 0.367. The monoisotopic (exact) mass is 586 g/mol. The number of carbonyl (C=O) groups is 2. The van der Waals surface area contributed by atoms with E-state index in [4.69, 9.17) is 14.6 Å². The number of para-hydroxylation sites is 1. The molecule has 0 saturated heterocycles. The van der Waals surface area contributed by atoms with Crippen LogP contribution in [0.25, 0.3) is 17.3 Å². The van der Waals surface area contributed by atoms with E-state index >= 15 is 0 Å². The minimum atomic E-state index is -1.49. The molecular formula is C30H32F2N2O6S. The van der Waals surface area contributed by atoms with Gasteiger partial charge in [0.1, 0.15) is 17.4 Å². The van der Waals surface area contributed by atoms with Crippen molar-refractivity contribution >= 4 is 34.4 Å². The lowest BCUT2D eigenvalue weighted by atomic mass is 10.0. The van der Waals surface area contributed by atoms with Crippen molar-refractivity contribution in [2.75, 3.05) is 32.8 Å². The highest BCUT2D eigenvalue weighted by Gasteiger charge is 2.19. The average molecular weight is 587 g/mol. The first-order valence-electron chi connectivity index (χ1n) is 13.3. The molecule has 1 aliphatic rings. The van der Waals surface area contributed by atoms with Gasteiger partial charge in [-0.05, 0) is 55.4 Å². The van der Waals surface area contributed by atoms with Crippen LogP contribution in [-0.2, 0) is 20.7 Å². The van der Waals surface area contributed by atoms with Gasteiger partial charge in [0.2, 0.25) is 5.76 Å². The molecule has 0 aliphatic heterocycles. The molecule has 218 valence electrons. The van der Waals surface area contributed by atoms with Crippen LogP contribution in [0.1, 0.15) is 53.6 Å². The van der Waals surface area contributed by atoms with Crippen LogP contribution in [0, 0.1) is 17.6 Å². The van der Waals surface area contributed by atoms with Gasteiger partial charge in [-0.25, -0.2) is 18.6 Å². The summed E-state index contributed by atoms with van der Waals surface area (Å²) in [6.07, 6.45) is 7.46. The summed E-state index contributed by atoms with van der Waals surface area (Å²) >= 11 is 1.16. The number of nitrogens with zero attached hydrogens (tertiary/aromatic N) is 1. The summed E-state index contributed by atoms with van der Waals surface area (Å²) in [5.74, 6) is -3.76. The number of hydrogen-bond donors (Lipinski definition) is 2. The number of methoxy groups -OCH3 is 2. The number of anilines is 1. The lowest BCUT2D eigenvalue weighted by Gasteiger charge is -2.13. The number of carboxylic acids is 1. The summed E-state index contributed by atoms with van der Waals surface area (Å²) in [5.41, 5.74) is 1.43. The number of halogens is 2. The molecular weight excluding hydrogens is 554 g/mol. The van der Waals surface area contributed by atoms with E-state index in [1.54, 1.807) is 12.5 Å². The third-order valence-corrected chi connectivity index (χ3v) is 7.67. The molecule has 41 heavy (non-hydrogen) atoms. The Bertz CT molecular complexity index is 1390. The lowest BCUT2D eigenvalue weighted by molar-refractivity contribution is -0.135. The van der Waals surface area contributed by atoms with Crippen molar-refractivity contribution in [1.29, 1.82) is 0 Å². The summed E-state index contributed by atoms with van der Waals surface area (Å²) in [7, 11) is 2.67. The van der Waals surface area contributed by atoms with E-state index in [-0.39, 0.29) is 10.7 Å². The number of carboxylic acid groups (broad SMARTS) is 1. The second kappa shape index (κ2) is 14.2. The Morgan fingerprint density at radius 1 is 1.17 bits per heavy atom. The largest absolute Gasteiger partial charge is 0.496 e. The van der Waals surface area contributed by atoms with Crippen LogP contribution in [0.4, 0.5) is 13.9 Å². The highest BCUT2D eigenvalue weighted by atomic mass is 32.1. The zero-order chi connectivity index (χ0) is 29.4. The number of ether oxygens (including phenoxy) is 3. The standard InChI is InChI=1S/C30H32F2N2O6S/c1-38-26(29(36)37)15-22-23(31)13-20(14-24(22)32)28(35)34-30-33-25(17-41-30)21-11-5-9-19(27(21)39-2)10-6-12-40-16-18-7-3-4-8-18/h5,9,11,13-15,17-18H,3-4,6-8,10,12,16H2,1-2H3,(H,36,37)(H,33,34,35)/b26-15+. The number of thiazole rings is 1. The molecule has 0 unspecified atom stereocenters. The van der Waals surface area contributed by atoms with Gasteiger partial charge in [0.25, 0.3) is 5.91 Å². The summed E-state index contributed by atoms with van der Waals surface area (Å²) in [6, 6.07) is 7.44. The van der Waals surface area contributed by atoms with Crippen molar-refractivity contribution in [2.24, 2.45) is 5.92 Å². The van der Waals surface area contributed by atoms with Gasteiger partial charge < -0.3 is 19.3 Å². The lowest BCUT2D eigenvalue weighted by Crippen LogP contribution is -2.13. The summed E-state index contributed by atoms with van der Waals surface area (Å²) in [4.78, 5) is 28.3.